The zero-order valence-corrected chi connectivity index (χ0v) is 43.9. The lowest BCUT2D eigenvalue weighted by Gasteiger charge is -2.20. The van der Waals surface area contributed by atoms with E-state index in [1.807, 2.05) is 6.08 Å². The summed E-state index contributed by atoms with van der Waals surface area (Å²) in [4.78, 5) is 24.4. The van der Waals surface area contributed by atoms with E-state index in [-0.39, 0.29) is 18.5 Å². The van der Waals surface area contributed by atoms with E-state index in [1.54, 1.807) is 6.08 Å². The highest BCUT2D eigenvalue weighted by atomic mass is 16.5. The lowest BCUT2D eigenvalue weighted by atomic mass is 10.0. The molecule has 0 spiro atoms. The molecule has 0 radical (unpaired) electrons. The molecule has 0 aromatic rings. The number of nitrogens with one attached hydrogen (secondary N) is 1. The fraction of sp³-hybridized carbons (Fsp3) is 0.833. The van der Waals surface area contributed by atoms with Crippen molar-refractivity contribution < 1.29 is 24.5 Å². The molecule has 0 aliphatic heterocycles. The fourth-order valence-corrected chi connectivity index (χ4v) is 8.61. The zero-order chi connectivity index (χ0) is 47.9. The van der Waals surface area contributed by atoms with Crippen LogP contribution in [0, 0.1) is 0 Å². The van der Waals surface area contributed by atoms with Gasteiger partial charge < -0.3 is 20.3 Å². The van der Waals surface area contributed by atoms with Crippen molar-refractivity contribution >= 4 is 11.9 Å². The normalized spacial score (nSPS) is 13.0. The number of amides is 1. The molecule has 0 fully saturated rings. The molecule has 2 unspecified atom stereocenters. The third-order valence-electron chi connectivity index (χ3n) is 13.0. The number of carbonyl (C=O) groups excluding carboxylic acids is 2. The van der Waals surface area contributed by atoms with Crippen molar-refractivity contribution in [2.45, 2.75) is 309 Å². The molecule has 0 saturated heterocycles. The van der Waals surface area contributed by atoms with Crippen LogP contribution < -0.4 is 5.32 Å². The van der Waals surface area contributed by atoms with Crippen LogP contribution in [-0.4, -0.2) is 47.4 Å². The van der Waals surface area contributed by atoms with Crippen LogP contribution in [0.2, 0.25) is 0 Å². The topological polar surface area (TPSA) is 95.9 Å². The van der Waals surface area contributed by atoms with Crippen molar-refractivity contribution in [1.29, 1.82) is 0 Å². The monoisotopic (exact) mass is 926 g/mol. The zero-order valence-electron chi connectivity index (χ0n) is 43.9. The summed E-state index contributed by atoms with van der Waals surface area (Å²) in [5, 5.41) is 23.0. The Balaban J connectivity index is 3.40. The first-order valence-electron chi connectivity index (χ1n) is 28.9. The Morgan fingerprint density at radius 2 is 0.788 bits per heavy atom. The molecular weight excluding hydrogens is 815 g/mol. The van der Waals surface area contributed by atoms with Crippen LogP contribution in [-0.2, 0) is 14.3 Å². The van der Waals surface area contributed by atoms with Gasteiger partial charge in [0.2, 0.25) is 5.91 Å². The van der Waals surface area contributed by atoms with Gasteiger partial charge in [0.1, 0.15) is 0 Å². The highest BCUT2D eigenvalue weighted by molar-refractivity contribution is 5.76. The first-order chi connectivity index (χ1) is 32.5. The summed E-state index contributed by atoms with van der Waals surface area (Å²) in [6.07, 6.45) is 70.1. The largest absolute Gasteiger partial charge is 0.466 e. The van der Waals surface area contributed by atoms with Gasteiger partial charge in [0, 0.05) is 12.8 Å². The Bertz CT molecular complexity index is 1110. The van der Waals surface area contributed by atoms with Crippen molar-refractivity contribution in [2.24, 2.45) is 0 Å². The second kappa shape index (κ2) is 55.4. The number of aliphatic hydroxyl groups excluding tert-OH is 2. The van der Waals surface area contributed by atoms with Crippen LogP contribution >= 0.6 is 0 Å². The number of ether oxygens (including phenoxy) is 1. The van der Waals surface area contributed by atoms with Gasteiger partial charge in [-0.15, -0.1) is 0 Å². The Morgan fingerprint density at radius 1 is 0.424 bits per heavy atom. The summed E-state index contributed by atoms with van der Waals surface area (Å²) in [5.74, 6) is -0.0746. The minimum Gasteiger partial charge on any atom is -0.466 e. The maximum atomic E-state index is 12.4. The quantitative estimate of drug-likeness (QED) is 0.0321. The molecule has 0 saturated carbocycles. The van der Waals surface area contributed by atoms with Crippen molar-refractivity contribution in [1.82, 2.24) is 5.32 Å². The van der Waals surface area contributed by atoms with Crippen LogP contribution in [0.3, 0.4) is 0 Å². The van der Waals surface area contributed by atoms with Crippen molar-refractivity contribution in [3.63, 3.8) is 0 Å². The molecular formula is C60H111NO5. The Hall–Kier alpha value is -2.18. The standard InChI is InChI=1S/C60H111NO5/c1-3-5-7-9-11-13-15-30-34-38-42-46-50-54-60(65)66-55-51-47-43-39-35-32-29-27-25-23-21-19-17-16-18-20-22-24-26-28-31-33-37-41-45-49-53-59(64)61-57(56-62)58(63)52-48-44-40-36-14-12-10-8-6-4-2/h7,9,13,15-16,18,48,52,57-58,62-63H,3-6,8,10-12,14,17,19-47,49-51,53-56H2,1-2H3,(H,61,64)/b9-7-,15-13-,18-16-,52-48+. The number of carbonyl (C=O) groups is 2. The number of unbranched alkanes of at least 4 members (excludes halogenated alkanes) is 36. The Kier molecular flexibility index (Phi) is 53.6. The third-order valence-corrected chi connectivity index (χ3v) is 13.0. The van der Waals surface area contributed by atoms with Crippen LogP contribution in [0.25, 0.3) is 0 Å². The van der Waals surface area contributed by atoms with Crippen molar-refractivity contribution in [2.75, 3.05) is 13.2 Å². The molecule has 0 aromatic carbocycles. The average molecular weight is 927 g/mol. The Labute approximate surface area is 410 Å². The number of allylic oxidation sites excluding steroid dienone is 7. The van der Waals surface area contributed by atoms with Gasteiger partial charge in [-0.1, -0.05) is 249 Å². The third kappa shape index (κ3) is 51.2. The molecule has 0 aromatic heterocycles. The first-order valence-corrected chi connectivity index (χ1v) is 28.9. The van der Waals surface area contributed by atoms with Gasteiger partial charge in [-0.05, 0) is 83.5 Å². The summed E-state index contributed by atoms with van der Waals surface area (Å²) in [7, 11) is 0. The summed E-state index contributed by atoms with van der Waals surface area (Å²) in [6.45, 7) is 4.81. The lowest BCUT2D eigenvalue weighted by molar-refractivity contribution is -0.143. The van der Waals surface area contributed by atoms with E-state index in [0.717, 1.165) is 51.4 Å². The SMILES string of the molecule is CCC/C=C\C/C=C\CCCCCCCC(=O)OCCCCCCCCCCCCCC/C=C\CCCCCCCCCCCCC(=O)NC(CO)C(O)/C=C/CCCCCCCCCC. The molecule has 386 valence electrons. The van der Waals surface area contributed by atoms with E-state index >= 15 is 0 Å². The molecule has 0 aliphatic carbocycles. The van der Waals surface area contributed by atoms with Gasteiger partial charge in [0.15, 0.2) is 0 Å². The minimum absolute atomic E-state index is 0.00222. The summed E-state index contributed by atoms with van der Waals surface area (Å²) in [6, 6.07) is -0.628. The van der Waals surface area contributed by atoms with E-state index < -0.39 is 12.1 Å². The summed E-state index contributed by atoms with van der Waals surface area (Å²) < 4.78 is 5.46. The summed E-state index contributed by atoms with van der Waals surface area (Å²) >= 11 is 0. The van der Waals surface area contributed by atoms with Crippen molar-refractivity contribution in [3.05, 3.63) is 48.6 Å². The predicted octanol–water partition coefficient (Wildman–Crippen LogP) is 17.8. The molecule has 6 nitrogen and oxygen atoms in total. The lowest BCUT2D eigenvalue weighted by Crippen LogP contribution is -2.45. The molecule has 0 bridgehead atoms. The van der Waals surface area contributed by atoms with E-state index in [9.17, 15) is 19.8 Å². The maximum absolute atomic E-state index is 12.4. The molecule has 66 heavy (non-hydrogen) atoms. The smallest absolute Gasteiger partial charge is 0.305 e. The number of aliphatic hydroxyl groups is 2. The molecule has 0 aliphatic rings. The number of hydrogen-bond acceptors (Lipinski definition) is 5. The maximum Gasteiger partial charge on any atom is 0.305 e. The van der Waals surface area contributed by atoms with Gasteiger partial charge in [-0.25, -0.2) is 0 Å². The highest BCUT2D eigenvalue weighted by Gasteiger charge is 2.18. The fourth-order valence-electron chi connectivity index (χ4n) is 8.61. The van der Waals surface area contributed by atoms with Crippen LogP contribution in [0.1, 0.15) is 296 Å². The van der Waals surface area contributed by atoms with E-state index in [1.165, 1.54) is 218 Å². The number of esters is 1. The van der Waals surface area contributed by atoms with Crippen LogP contribution in [0.15, 0.2) is 48.6 Å². The van der Waals surface area contributed by atoms with Gasteiger partial charge in [0.05, 0.1) is 25.4 Å². The summed E-state index contributed by atoms with van der Waals surface area (Å²) in [5.41, 5.74) is 0. The second-order valence-corrected chi connectivity index (χ2v) is 19.6. The minimum atomic E-state index is -0.844. The predicted molar refractivity (Wildman–Crippen MR) is 287 cm³/mol. The molecule has 6 heteroatoms. The average Bonchev–Trinajstić information content (AvgIpc) is 3.32. The Morgan fingerprint density at radius 3 is 1.23 bits per heavy atom. The molecule has 1 amide bonds. The molecule has 0 rings (SSSR count). The van der Waals surface area contributed by atoms with Gasteiger partial charge in [0.25, 0.3) is 0 Å². The van der Waals surface area contributed by atoms with Crippen LogP contribution in [0.5, 0.6) is 0 Å². The molecule has 3 N–H and O–H groups in total. The van der Waals surface area contributed by atoms with E-state index in [2.05, 4.69) is 55.6 Å². The highest BCUT2D eigenvalue weighted by Crippen LogP contribution is 2.16. The van der Waals surface area contributed by atoms with Crippen LogP contribution in [0.4, 0.5) is 0 Å². The van der Waals surface area contributed by atoms with Gasteiger partial charge >= 0.3 is 5.97 Å². The number of hydrogen-bond donors (Lipinski definition) is 3. The molecule has 0 heterocycles. The van der Waals surface area contributed by atoms with Crippen molar-refractivity contribution in [3.8, 4) is 0 Å². The van der Waals surface area contributed by atoms with E-state index in [4.69, 9.17) is 4.74 Å². The first kappa shape index (κ1) is 63.8. The second-order valence-electron chi connectivity index (χ2n) is 19.6. The molecule has 2 atom stereocenters. The number of rotatable bonds is 53. The van der Waals surface area contributed by atoms with Gasteiger partial charge in [-0.2, -0.15) is 0 Å². The van der Waals surface area contributed by atoms with E-state index in [0.29, 0.717) is 19.4 Å². The van der Waals surface area contributed by atoms with Gasteiger partial charge in [-0.3, -0.25) is 9.59 Å².